The van der Waals surface area contributed by atoms with E-state index in [9.17, 15) is 19.2 Å². The van der Waals surface area contributed by atoms with E-state index in [1.165, 1.54) is 30.0 Å². The minimum absolute atomic E-state index is 0.0901. The lowest BCUT2D eigenvalue weighted by Crippen LogP contribution is -2.44. The van der Waals surface area contributed by atoms with Gasteiger partial charge in [-0.2, -0.15) is 0 Å². The van der Waals surface area contributed by atoms with Crippen molar-refractivity contribution < 1.29 is 18.7 Å². The zero-order valence-corrected chi connectivity index (χ0v) is 30.6. The smallest absolute Gasteiger partial charge is 0.333 e. The quantitative estimate of drug-likeness (QED) is 0.195. The molecular formula is C41H45FN6O6. The minimum atomic E-state index is -0.615. The van der Waals surface area contributed by atoms with Crippen LogP contribution in [0, 0.1) is 11.7 Å². The number of ether oxygens (including phenoxy) is 2. The monoisotopic (exact) mass is 736 g/mol. The first kappa shape index (κ1) is 36.8. The molecule has 0 unspecified atom stereocenters. The molecule has 0 bridgehead atoms. The Balaban J connectivity index is 0.921. The average Bonchev–Trinajstić information content (AvgIpc) is 3.19. The molecule has 0 atom stereocenters. The first-order valence-corrected chi connectivity index (χ1v) is 18.7. The SMILES string of the molecule is CCCCn1cc(-c2ccc(OC3CCN(CC4CCN(C(=O)c5ccc(OC)c(-n6ccc(=O)[nH]c6=O)c5)CC4)CC3)c(F)c2)c2ccncc2c1=O. The number of aromatic amines is 1. The fourth-order valence-electron chi connectivity index (χ4n) is 7.60. The fourth-order valence-corrected chi connectivity index (χ4v) is 7.60. The Hall–Kier alpha value is -5.56. The summed E-state index contributed by atoms with van der Waals surface area (Å²) in [5.41, 5.74) is 1.07. The number of likely N-dealkylation sites (tertiary alicyclic amines) is 2. The van der Waals surface area contributed by atoms with Gasteiger partial charge >= 0.3 is 5.69 Å². The number of carbonyl (C=O) groups is 1. The number of carbonyl (C=O) groups excluding carboxylic acids is 1. The number of piperidine rings is 2. The molecule has 2 aromatic carbocycles. The van der Waals surface area contributed by atoms with Gasteiger partial charge in [0.25, 0.3) is 17.0 Å². The summed E-state index contributed by atoms with van der Waals surface area (Å²) in [6, 6.07) is 13.1. The van der Waals surface area contributed by atoms with Gasteiger partial charge in [0.1, 0.15) is 11.9 Å². The van der Waals surface area contributed by atoms with E-state index in [-0.39, 0.29) is 23.3 Å². The zero-order valence-electron chi connectivity index (χ0n) is 30.6. The van der Waals surface area contributed by atoms with Crippen LogP contribution in [0.4, 0.5) is 4.39 Å². The van der Waals surface area contributed by atoms with Gasteiger partial charge in [0.05, 0.1) is 18.2 Å². The number of nitrogens with zero attached hydrogens (tertiary/aromatic N) is 5. The van der Waals surface area contributed by atoms with Gasteiger partial charge in [-0.15, -0.1) is 0 Å². The topological polar surface area (TPSA) is 132 Å². The van der Waals surface area contributed by atoms with Crippen molar-refractivity contribution in [2.75, 3.05) is 39.8 Å². The Labute approximate surface area is 311 Å². The molecule has 54 heavy (non-hydrogen) atoms. The molecule has 5 heterocycles. The van der Waals surface area contributed by atoms with Crippen LogP contribution < -0.4 is 26.3 Å². The largest absolute Gasteiger partial charge is 0.495 e. The third-order valence-corrected chi connectivity index (χ3v) is 10.6. The Morgan fingerprint density at radius 3 is 2.44 bits per heavy atom. The molecule has 2 saturated heterocycles. The molecule has 282 valence electrons. The van der Waals surface area contributed by atoms with Crippen LogP contribution in [0.5, 0.6) is 11.5 Å². The number of nitrogens with one attached hydrogen (secondary N) is 1. The van der Waals surface area contributed by atoms with E-state index < -0.39 is 17.1 Å². The van der Waals surface area contributed by atoms with Crippen molar-refractivity contribution >= 4 is 16.7 Å². The molecule has 0 aliphatic carbocycles. The lowest BCUT2D eigenvalue weighted by Gasteiger charge is -2.37. The lowest BCUT2D eigenvalue weighted by molar-refractivity contribution is 0.0602. The summed E-state index contributed by atoms with van der Waals surface area (Å²) in [5, 5.41) is 1.26. The summed E-state index contributed by atoms with van der Waals surface area (Å²) < 4.78 is 30.1. The maximum absolute atomic E-state index is 15.5. The van der Waals surface area contributed by atoms with Gasteiger partial charge in [0, 0.05) is 81.2 Å². The number of unbranched alkanes of at least 4 members (excludes halogenated alkanes) is 1. The van der Waals surface area contributed by atoms with Crippen LogP contribution in [0.2, 0.25) is 0 Å². The maximum atomic E-state index is 15.5. The van der Waals surface area contributed by atoms with E-state index >= 15 is 4.39 Å². The number of rotatable bonds is 11. The number of halogens is 1. The van der Waals surface area contributed by atoms with E-state index in [2.05, 4.69) is 21.8 Å². The second-order valence-electron chi connectivity index (χ2n) is 14.2. The highest BCUT2D eigenvalue weighted by Gasteiger charge is 2.28. The minimum Gasteiger partial charge on any atom is -0.495 e. The molecule has 2 fully saturated rings. The highest BCUT2D eigenvalue weighted by molar-refractivity contribution is 5.96. The molecule has 5 aromatic rings. The molecule has 3 aromatic heterocycles. The number of pyridine rings is 2. The third-order valence-electron chi connectivity index (χ3n) is 10.6. The van der Waals surface area contributed by atoms with Gasteiger partial charge in [-0.3, -0.25) is 28.9 Å². The summed E-state index contributed by atoms with van der Waals surface area (Å²) in [5.74, 6) is 0.540. The van der Waals surface area contributed by atoms with Crippen LogP contribution in [-0.2, 0) is 6.54 Å². The molecule has 2 aliphatic heterocycles. The van der Waals surface area contributed by atoms with Crippen molar-refractivity contribution in [3.05, 3.63) is 116 Å². The standard InChI is InChI=1S/C41H45FN6O6/c1-3-4-16-47-26-33(31-9-15-43-24-32(31)40(47)51)28-5-7-36(34(42)22-28)54-30-12-17-45(18-13-30)25-27-10-19-46(20-11-27)39(50)29-6-8-37(53-2)35(23-29)48-21-14-38(49)44-41(48)52/h5-9,14-15,21-24,26-27,30H,3-4,10-13,16-20,25H2,1-2H3,(H,44,49,52). The van der Waals surface area contributed by atoms with Gasteiger partial charge in [-0.05, 0) is 85.4 Å². The molecule has 1 N–H and O–H groups in total. The summed E-state index contributed by atoms with van der Waals surface area (Å²) in [6.45, 7) is 6.56. The predicted molar refractivity (Wildman–Crippen MR) is 204 cm³/mol. The van der Waals surface area contributed by atoms with E-state index in [1.807, 2.05) is 17.2 Å². The molecular weight excluding hydrogens is 691 g/mol. The molecule has 0 saturated carbocycles. The average molecular weight is 737 g/mol. The predicted octanol–water partition coefficient (Wildman–Crippen LogP) is 5.25. The number of methoxy groups -OCH3 is 1. The molecule has 2 aliphatic rings. The van der Waals surface area contributed by atoms with Crippen molar-refractivity contribution in [2.45, 2.75) is 58.1 Å². The molecule has 12 nitrogen and oxygen atoms in total. The first-order chi connectivity index (χ1) is 26.2. The third kappa shape index (κ3) is 7.86. The Morgan fingerprint density at radius 1 is 0.944 bits per heavy atom. The second-order valence-corrected chi connectivity index (χ2v) is 14.2. The van der Waals surface area contributed by atoms with Crippen LogP contribution in [0.1, 0.15) is 55.8 Å². The molecule has 7 rings (SSSR count). The Bertz CT molecular complexity index is 2320. The van der Waals surface area contributed by atoms with Crippen LogP contribution in [0.3, 0.4) is 0 Å². The summed E-state index contributed by atoms with van der Waals surface area (Å²) in [7, 11) is 1.48. The van der Waals surface area contributed by atoms with Crippen molar-refractivity contribution in [1.29, 1.82) is 0 Å². The zero-order chi connectivity index (χ0) is 37.8. The normalized spacial score (nSPS) is 15.8. The number of amides is 1. The van der Waals surface area contributed by atoms with Gasteiger partial charge in [0.2, 0.25) is 0 Å². The van der Waals surface area contributed by atoms with Gasteiger partial charge < -0.3 is 23.8 Å². The fraction of sp³-hybridized carbons (Fsp3) is 0.390. The number of aromatic nitrogens is 4. The van der Waals surface area contributed by atoms with Crippen LogP contribution in [0.15, 0.2) is 87.7 Å². The summed E-state index contributed by atoms with van der Waals surface area (Å²) in [4.78, 5) is 61.3. The Morgan fingerprint density at radius 2 is 1.72 bits per heavy atom. The van der Waals surface area contributed by atoms with E-state index in [1.54, 1.807) is 47.3 Å². The maximum Gasteiger partial charge on any atom is 0.333 e. The highest BCUT2D eigenvalue weighted by Crippen LogP contribution is 2.32. The summed E-state index contributed by atoms with van der Waals surface area (Å²) in [6.07, 6.45) is 11.5. The van der Waals surface area contributed by atoms with Crippen LogP contribution >= 0.6 is 0 Å². The first-order valence-electron chi connectivity index (χ1n) is 18.7. The second kappa shape index (κ2) is 16.2. The lowest BCUT2D eigenvalue weighted by atomic mass is 9.94. The van der Waals surface area contributed by atoms with E-state index in [0.29, 0.717) is 53.5 Å². The number of H-pyrrole nitrogens is 1. The van der Waals surface area contributed by atoms with Crippen LogP contribution in [0.25, 0.3) is 27.6 Å². The van der Waals surface area contributed by atoms with Gasteiger partial charge in [-0.1, -0.05) is 19.4 Å². The number of hydrogen-bond donors (Lipinski definition) is 1. The van der Waals surface area contributed by atoms with E-state index in [0.717, 1.165) is 69.1 Å². The number of benzene rings is 2. The molecule has 0 spiro atoms. The number of fused-ring (bicyclic) bond motifs is 1. The van der Waals surface area contributed by atoms with Crippen molar-refractivity contribution in [3.8, 4) is 28.3 Å². The van der Waals surface area contributed by atoms with Crippen LogP contribution in [-0.4, -0.2) is 80.7 Å². The molecule has 1 amide bonds. The number of hydrogen-bond acceptors (Lipinski definition) is 8. The van der Waals surface area contributed by atoms with Gasteiger partial charge in [0.15, 0.2) is 11.6 Å². The number of aryl methyl sites for hydroxylation is 1. The van der Waals surface area contributed by atoms with Crippen molar-refractivity contribution in [2.24, 2.45) is 5.92 Å². The van der Waals surface area contributed by atoms with E-state index in [4.69, 9.17) is 9.47 Å². The highest BCUT2D eigenvalue weighted by atomic mass is 19.1. The molecule has 13 heteroatoms. The van der Waals surface area contributed by atoms with Crippen molar-refractivity contribution in [1.82, 2.24) is 28.9 Å². The summed E-state index contributed by atoms with van der Waals surface area (Å²) >= 11 is 0. The Kier molecular flexibility index (Phi) is 11.0. The van der Waals surface area contributed by atoms with Crippen molar-refractivity contribution in [3.63, 3.8) is 0 Å². The molecule has 0 radical (unpaired) electrons. The van der Waals surface area contributed by atoms with Gasteiger partial charge in [-0.25, -0.2) is 9.18 Å².